The number of rotatable bonds is 9. The monoisotopic (exact) mass is 654 g/mol. The molecule has 0 bridgehead atoms. The molecule has 0 amide bonds. The van der Waals surface area contributed by atoms with Gasteiger partial charge in [0.2, 0.25) is 5.28 Å². The Morgan fingerprint density at radius 3 is 1.78 bits per heavy atom. The molecule has 6 rings (SSSR count). The van der Waals surface area contributed by atoms with Gasteiger partial charge in [0.1, 0.15) is 17.5 Å². The van der Waals surface area contributed by atoms with Gasteiger partial charge in [-0.15, -0.1) is 0 Å². The maximum Gasteiger partial charge on any atom is 0.463 e. The van der Waals surface area contributed by atoms with Gasteiger partial charge >= 0.3 is 7.60 Å². The lowest BCUT2D eigenvalue weighted by Crippen LogP contribution is -2.45. The van der Waals surface area contributed by atoms with Crippen LogP contribution in [0.1, 0.15) is 28.3 Å². The highest BCUT2D eigenvalue weighted by Crippen LogP contribution is 2.70. The summed E-state index contributed by atoms with van der Waals surface area (Å²) in [5.74, 6) is 0.560. The van der Waals surface area contributed by atoms with E-state index >= 15 is 4.57 Å². The van der Waals surface area contributed by atoms with E-state index in [0.29, 0.717) is 11.1 Å². The lowest BCUT2D eigenvalue weighted by atomic mass is 9.93. The van der Waals surface area contributed by atoms with Gasteiger partial charge in [0.15, 0.2) is 5.11 Å². The van der Waals surface area contributed by atoms with Crippen LogP contribution in [0.25, 0.3) is 0 Å². The minimum absolute atomic E-state index is 0.0431. The van der Waals surface area contributed by atoms with Crippen LogP contribution in [0.2, 0.25) is 0 Å². The fraction of sp³-hybridized carbons (Fsp3) is 0.114. The topological polar surface area (TPSA) is 84.9 Å². The van der Waals surface area contributed by atoms with E-state index in [2.05, 4.69) is 5.32 Å². The summed E-state index contributed by atoms with van der Waals surface area (Å²) in [6.07, 6.45) is 0. The number of nitrogens with zero attached hydrogens (tertiary/aromatic N) is 1. The van der Waals surface area contributed by atoms with Crippen LogP contribution in [-0.2, 0) is 19.9 Å². The number of sulfonamides is 1. The molecule has 1 aliphatic rings. The summed E-state index contributed by atoms with van der Waals surface area (Å²) >= 11 is 5.87. The standard InChI is InChI=1S/C35H31N2O5PS2/c1-26-21-23-32(24-22-26)45(39,40)37-33(28-14-12-13-27(2)25-28)35(36-34(37)44,29-15-6-3-7-16-29)43(38,41-30-17-8-4-9-18-30)42-31-19-10-5-11-20-31/h3-25,33H,1-2H3,(H,36,44)/t33-,35-/m1/s1. The number of nitrogens with one attached hydrogen (secondary N) is 1. The molecule has 1 saturated heterocycles. The number of para-hydroxylation sites is 2. The van der Waals surface area contributed by atoms with Crippen LogP contribution in [0, 0.1) is 13.8 Å². The molecule has 5 aromatic rings. The summed E-state index contributed by atoms with van der Waals surface area (Å²) in [5.41, 5.74) is 2.80. The lowest BCUT2D eigenvalue weighted by Gasteiger charge is -2.41. The summed E-state index contributed by atoms with van der Waals surface area (Å²) in [7, 11) is -8.85. The molecule has 0 unspecified atom stereocenters. The Kier molecular flexibility index (Phi) is 8.27. The Morgan fingerprint density at radius 2 is 1.24 bits per heavy atom. The van der Waals surface area contributed by atoms with Crippen LogP contribution >= 0.6 is 19.8 Å². The van der Waals surface area contributed by atoms with Crippen molar-refractivity contribution in [3.8, 4) is 11.5 Å². The van der Waals surface area contributed by atoms with Gasteiger partial charge in [0.05, 0.1) is 4.90 Å². The van der Waals surface area contributed by atoms with E-state index in [9.17, 15) is 8.42 Å². The third-order valence-corrected chi connectivity index (χ3v) is 12.2. The number of benzene rings is 5. The molecule has 10 heteroatoms. The largest absolute Gasteiger partial charge is 0.463 e. The van der Waals surface area contributed by atoms with Crippen molar-refractivity contribution in [2.24, 2.45) is 0 Å². The Hall–Kier alpha value is -4.43. The number of aryl methyl sites for hydroxylation is 2. The fourth-order valence-electron chi connectivity index (χ4n) is 5.56. The molecular formula is C35H31N2O5PS2. The molecule has 1 N–H and O–H groups in total. The maximum absolute atomic E-state index is 16.0. The summed E-state index contributed by atoms with van der Waals surface area (Å²) < 4.78 is 59.2. The summed E-state index contributed by atoms with van der Waals surface area (Å²) in [6, 6.07) is 39.1. The molecule has 5 aromatic carbocycles. The molecule has 1 fully saturated rings. The minimum Gasteiger partial charge on any atom is -0.414 e. The summed E-state index contributed by atoms with van der Waals surface area (Å²) in [4.78, 5) is 0.0431. The molecule has 0 radical (unpaired) electrons. The highest BCUT2D eigenvalue weighted by molar-refractivity contribution is 7.91. The fourth-order valence-corrected chi connectivity index (χ4v) is 10.2. The number of hydrogen-bond acceptors (Lipinski definition) is 6. The van der Waals surface area contributed by atoms with Gasteiger partial charge in [-0.05, 0) is 73.6 Å². The van der Waals surface area contributed by atoms with Crippen molar-refractivity contribution in [3.63, 3.8) is 0 Å². The van der Waals surface area contributed by atoms with Crippen molar-refractivity contribution in [3.05, 3.63) is 162 Å². The molecule has 2 atom stereocenters. The van der Waals surface area contributed by atoms with Crippen LogP contribution in [0.5, 0.6) is 11.5 Å². The van der Waals surface area contributed by atoms with Gasteiger partial charge in [0, 0.05) is 0 Å². The second-order valence-electron chi connectivity index (χ2n) is 10.8. The summed E-state index contributed by atoms with van der Waals surface area (Å²) in [6.45, 7) is 3.79. The zero-order chi connectivity index (χ0) is 31.7. The number of hydrogen-bond donors (Lipinski definition) is 1. The Morgan fingerprint density at radius 1 is 0.711 bits per heavy atom. The SMILES string of the molecule is Cc1ccc(S(=O)(=O)N2C(=S)N[C@](c3ccccc3)(P(=O)(Oc3ccccc3)Oc3ccccc3)[C@H]2c2cccc(C)c2)cc1. The lowest BCUT2D eigenvalue weighted by molar-refractivity contribution is 0.291. The van der Waals surface area contributed by atoms with Crippen molar-refractivity contribution in [2.45, 2.75) is 30.1 Å². The normalized spacial score (nSPS) is 18.3. The molecule has 0 spiro atoms. The Labute approximate surface area is 269 Å². The predicted molar refractivity (Wildman–Crippen MR) is 180 cm³/mol. The van der Waals surface area contributed by atoms with Crippen LogP contribution in [-0.4, -0.2) is 17.8 Å². The van der Waals surface area contributed by atoms with Gasteiger partial charge in [-0.3, -0.25) is 0 Å². The molecule has 0 aliphatic carbocycles. The molecule has 45 heavy (non-hydrogen) atoms. The smallest absolute Gasteiger partial charge is 0.414 e. The van der Waals surface area contributed by atoms with Crippen molar-refractivity contribution < 1.29 is 22.0 Å². The van der Waals surface area contributed by atoms with Gasteiger partial charge < -0.3 is 14.4 Å². The first-order chi connectivity index (χ1) is 21.6. The third-order valence-electron chi connectivity index (χ3n) is 7.65. The molecule has 1 heterocycles. The van der Waals surface area contributed by atoms with Crippen LogP contribution in [0.15, 0.2) is 144 Å². The van der Waals surface area contributed by atoms with E-state index in [1.54, 1.807) is 103 Å². The average Bonchev–Trinajstić information content (AvgIpc) is 3.38. The van der Waals surface area contributed by atoms with E-state index in [1.807, 2.05) is 50.2 Å². The molecule has 1 aliphatic heterocycles. The van der Waals surface area contributed by atoms with Crippen molar-refractivity contribution in [1.29, 1.82) is 0 Å². The van der Waals surface area contributed by atoms with Crippen molar-refractivity contribution in [2.75, 3.05) is 0 Å². The van der Waals surface area contributed by atoms with Gasteiger partial charge in [-0.25, -0.2) is 17.3 Å². The van der Waals surface area contributed by atoms with E-state index in [-0.39, 0.29) is 21.5 Å². The van der Waals surface area contributed by atoms with Crippen molar-refractivity contribution in [1.82, 2.24) is 9.62 Å². The van der Waals surface area contributed by atoms with Gasteiger partial charge in [-0.2, -0.15) is 0 Å². The van der Waals surface area contributed by atoms with Crippen molar-refractivity contribution >= 4 is 34.9 Å². The predicted octanol–water partition coefficient (Wildman–Crippen LogP) is 8.13. The van der Waals surface area contributed by atoms with Gasteiger partial charge in [0.25, 0.3) is 10.0 Å². The molecule has 228 valence electrons. The molecule has 0 saturated carbocycles. The van der Waals surface area contributed by atoms with E-state index in [4.69, 9.17) is 21.3 Å². The van der Waals surface area contributed by atoms with E-state index in [0.717, 1.165) is 15.4 Å². The first kappa shape index (κ1) is 30.6. The zero-order valence-electron chi connectivity index (χ0n) is 24.6. The van der Waals surface area contributed by atoms with Crippen LogP contribution in [0.3, 0.4) is 0 Å². The first-order valence-corrected chi connectivity index (χ1v) is 17.7. The minimum atomic E-state index is -4.55. The second-order valence-corrected chi connectivity index (χ2v) is 15.1. The van der Waals surface area contributed by atoms with Crippen LogP contribution < -0.4 is 14.4 Å². The average molecular weight is 655 g/mol. The summed E-state index contributed by atoms with van der Waals surface area (Å²) in [5, 5.41) is 1.25. The van der Waals surface area contributed by atoms with E-state index in [1.165, 1.54) is 0 Å². The third kappa shape index (κ3) is 5.63. The molecule has 7 nitrogen and oxygen atoms in total. The quantitative estimate of drug-likeness (QED) is 0.127. The molecule has 0 aromatic heterocycles. The number of thiocarbonyl (C=S) groups is 1. The molecular weight excluding hydrogens is 624 g/mol. The Bertz CT molecular complexity index is 1930. The van der Waals surface area contributed by atoms with Crippen LogP contribution in [0.4, 0.5) is 0 Å². The second kappa shape index (κ2) is 12.2. The maximum atomic E-state index is 16.0. The van der Waals surface area contributed by atoms with E-state index < -0.39 is 28.9 Å². The highest BCUT2D eigenvalue weighted by Gasteiger charge is 2.69. The first-order valence-electron chi connectivity index (χ1n) is 14.3. The zero-order valence-corrected chi connectivity index (χ0v) is 27.1. The van der Waals surface area contributed by atoms with Gasteiger partial charge in [-0.1, -0.05) is 114 Å². The Balaban J connectivity index is 1.68. The highest BCUT2D eigenvalue weighted by atomic mass is 32.2.